The average Bonchev–Trinajstić information content (AvgIpc) is 2.83. The Balaban J connectivity index is 1.74. The molecule has 1 aliphatic carbocycles. The molecular formula is C15H21NO. The van der Waals surface area contributed by atoms with E-state index in [4.69, 9.17) is 0 Å². The van der Waals surface area contributed by atoms with Gasteiger partial charge in [-0.05, 0) is 24.3 Å². The minimum Gasteiger partial charge on any atom is -0.396 e. The number of hydrogen-bond acceptors (Lipinski definition) is 2. The minimum atomic E-state index is 0.320. The van der Waals surface area contributed by atoms with Gasteiger partial charge in [-0.1, -0.05) is 48.9 Å². The van der Waals surface area contributed by atoms with E-state index < -0.39 is 0 Å². The van der Waals surface area contributed by atoms with E-state index >= 15 is 0 Å². The molecule has 1 fully saturated rings. The number of hydrogen-bond donors (Lipinski definition) is 2. The van der Waals surface area contributed by atoms with Crippen LogP contribution in [0.15, 0.2) is 36.4 Å². The molecule has 2 rings (SSSR count). The third-order valence-corrected chi connectivity index (χ3v) is 3.50. The lowest BCUT2D eigenvalue weighted by atomic mass is 10.1. The highest BCUT2D eigenvalue weighted by Gasteiger charge is 2.25. The zero-order valence-electron chi connectivity index (χ0n) is 10.2. The molecule has 1 saturated carbocycles. The molecule has 1 aromatic carbocycles. The Hall–Kier alpha value is -1.12. The van der Waals surface area contributed by atoms with E-state index in [0.717, 1.165) is 13.0 Å². The first-order valence-corrected chi connectivity index (χ1v) is 6.46. The predicted molar refractivity (Wildman–Crippen MR) is 71.7 cm³/mol. The second-order valence-electron chi connectivity index (χ2n) is 4.70. The van der Waals surface area contributed by atoms with Crippen LogP contribution in [0.3, 0.4) is 0 Å². The number of rotatable bonds is 5. The fourth-order valence-electron chi connectivity index (χ4n) is 2.50. The first kappa shape index (κ1) is 12.3. The normalized spacial score (nSPS) is 24.5. The average molecular weight is 231 g/mol. The molecule has 0 bridgehead atoms. The number of aliphatic hydroxyl groups excluding tert-OH is 1. The zero-order valence-corrected chi connectivity index (χ0v) is 10.2. The number of aliphatic hydroxyl groups is 1. The van der Waals surface area contributed by atoms with Crippen LogP contribution in [0.1, 0.15) is 24.8 Å². The van der Waals surface area contributed by atoms with Crippen LogP contribution in [0.2, 0.25) is 0 Å². The molecule has 0 aliphatic heterocycles. The van der Waals surface area contributed by atoms with Crippen molar-refractivity contribution < 1.29 is 5.11 Å². The molecule has 1 aliphatic rings. The molecule has 0 aromatic heterocycles. The van der Waals surface area contributed by atoms with Crippen LogP contribution in [0, 0.1) is 5.92 Å². The molecule has 2 N–H and O–H groups in total. The van der Waals surface area contributed by atoms with Crippen molar-refractivity contribution >= 4 is 6.08 Å². The van der Waals surface area contributed by atoms with Gasteiger partial charge in [-0.25, -0.2) is 0 Å². The summed E-state index contributed by atoms with van der Waals surface area (Å²) >= 11 is 0. The van der Waals surface area contributed by atoms with Gasteiger partial charge < -0.3 is 10.4 Å². The van der Waals surface area contributed by atoms with Gasteiger partial charge in [-0.2, -0.15) is 0 Å². The third-order valence-electron chi connectivity index (χ3n) is 3.50. The summed E-state index contributed by atoms with van der Waals surface area (Å²) in [4.78, 5) is 0. The predicted octanol–water partition coefficient (Wildman–Crippen LogP) is 2.45. The molecule has 2 heteroatoms. The van der Waals surface area contributed by atoms with Crippen LogP contribution in [0.4, 0.5) is 0 Å². The van der Waals surface area contributed by atoms with Crippen LogP contribution < -0.4 is 5.32 Å². The molecule has 0 saturated heterocycles. The van der Waals surface area contributed by atoms with Gasteiger partial charge in [-0.15, -0.1) is 0 Å². The minimum absolute atomic E-state index is 0.320. The molecule has 17 heavy (non-hydrogen) atoms. The molecule has 0 spiro atoms. The maximum absolute atomic E-state index is 9.21. The Bertz CT molecular complexity index is 347. The number of nitrogens with one attached hydrogen (secondary N) is 1. The van der Waals surface area contributed by atoms with E-state index in [1.165, 1.54) is 18.4 Å². The van der Waals surface area contributed by atoms with Crippen LogP contribution in [0.25, 0.3) is 6.08 Å². The van der Waals surface area contributed by atoms with Crippen molar-refractivity contribution in [1.82, 2.24) is 5.32 Å². The standard InChI is InChI=1S/C15H21NO/c17-12-14-9-4-10-15(14)16-11-5-8-13-6-2-1-3-7-13/h1-3,5-8,14-17H,4,9-12H2/b8-5+. The Morgan fingerprint density at radius 2 is 2.06 bits per heavy atom. The van der Waals surface area contributed by atoms with E-state index in [1.807, 2.05) is 18.2 Å². The molecule has 2 atom stereocenters. The van der Waals surface area contributed by atoms with Crippen molar-refractivity contribution in [3.63, 3.8) is 0 Å². The van der Waals surface area contributed by atoms with Gasteiger partial charge in [0.25, 0.3) is 0 Å². The molecule has 0 radical (unpaired) electrons. The largest absolute Gasteiger partial charge is 0.396 e. The van der Waals surface area contributed by atoms with Gasteiger partial charge >= 0.3 is 0 Å². The Morgan fingerprint density at radius 3 is 2.82 bits per heavy atom. The van der Waals surface area contributed by atoms with Gasteiger partial charge in [0.15, 0.2) is 0 Å². The summed E-state index contributed by atoms with van der Waals surface area (Å²) in [5.74, 6) is 0.458. The molecule has 92 valence electrons. The lowest BCUT2D eigenvalue weighted by Crippen LogP contribution is -2.34. The van der Waals surface area contributed by atoms with Gasteiger partial charge in [0, 0.05) is 19.2 Å². The molecule has 2 nitrogen and oxygen atoms in total. The maximum atomic E-state index is 9.21. The van der Waals surface area contributed by atoms with Gasteiger partial charge in [0.05, 0.1) is 0 Å². The highest BCUT2D eigenvalue weighted by Crippen LogP contribution is 2.24. The summed E-state index contributed by atoms with van der Waals surface area (Å²) in [5.41, 5.74) is 1.24. The van der Waals surface area contributed by atoms with E-state index in [0.29, 0.717) is 18.6 Å². The number of benzene rings is 1. The van der Waals surface area contributed by atoms with Gasteiger partial charge in [0.2, 0.25) is 0 Å². The van der Waals surface area contributed by atoms with Crippen molar-refractivity contribution in [2.45, 2.75) is 25.3 Å². The molecule has 0 amide bonds. The molecule has 1 aromatic rings. The Morgan fingerprint density at radius 1 is 1.24 bits per heavy atom. The van der Waals surface area contributed by atoms with E-state index in [9.17, 15) is 5.11 Å². The summed E-state index contributed by atoms with van der Waals surface area (Å²) in [6, 6.07) is 10.8. The van der Waals surface area contributed by atoms with Crippen LogP contribution in [-0.4, -0.2) is 24.3 Å². The second kappa shape index (κ2) is 6.58. The lowest BCUT2D eigenvalue weighted by molar-refractivity contribution is 0.207. The van der Waals surface area contributed by atoms with E-state index in [2.05, 4.69) is 29.6 Å². The first-order valence-electron chi connectivity index (χ1n) is 6.46. The quantitative estimate of drug-likeness (QED) is 0.816. The summed E-state index contributed by atoms with van der Waals surface area (Å²) in [7, 11) is 0. The highest BCUT2D eigenvalue weighted by molar-refractivity contribution is 5.48. The SMILES string of the molecule is OCC1CCCC1NC/C=C/c1ccccc1. The van der Waals surface area contributed by atoms with Crippen molar-refractivity contribution in [1.29, 1.82) is 0 Å². The molecule has 2 unspecified atom stereocenters. The Kier molecular flexibility index (Phi) is 4.77. The van der Waals surface area contributed by atoms with E-state index in [-0.39, 0.29) is 0 Å². The summed E-state index contributed by atoms with van der Waals surface area (Å²) in [6.45, 7) is 1.20. The van der Waals surface area contributed by atoms with Crippen LogP contribution in [-0.2, 0) is 0 Å². The smallest absolute Gasteiger partial charge is 0.0474 e. The van der Waals surface area contributed by atoms with Crippen LogP contribution in [0.5, 0.6) is 0 Å². The topological polar surface area (TPSA) is 32.3 Å². The summed E-state index contributed by atoms with van der Waals surface area (Å²) < 4.78 is 0. The van der Waals surface area contributed by atoms with Gasteiger partial charge in [-0.3, -0.25) is 0 Å². The summed E-state index contributed by atoms with van der Waals surface area (Å²) in [6.07, 6.45) is 7.89. The van der Waals surface area contributed by atoms with E-state index in [1.54, 1.807) is 0 Å². The second-order valence-corrected chi connectivity index (χ2v) is 4.70. The maximum Gasteiger partial charge on any atom is 0.0474 e. The third kappa shape index (κ3) is 3.69. The van der Waals surface area contributed by atoms with Crippen molar-refractivity contribution in [3.8, 4) is 0 Å². The highest BCUT2D eigenvalue weighted by atomic mass is 16.3. The van der Waals surface area contributed by atoms with Crippen molar-refractivity contribution in [2.75, 3.05) is 13.2 Å². The lowest BCUT2D eigenvalue weighted by Gasteiger charge is -2.17. The van der Waals surface area contributed by atoms with Crippen LogP contribution >= 0.6 is 0 Å². The Labute approximate surface area is 103 Å². The fourth-order valence-corrected chi connectivity index (χ4v) is 2.50. The molecular weight excluding hydrogens is 210 g/mol. The monoisotopic (exact) mass is 231 g/mol. The zero-order chi connectivity index (χ0) is 11.9. The first-order chi connectivity index (χ1) is 8.40. The van der Waals surface area contributed by atoms with Crippen molar-refractivity contribution in [2.24, 2.45) is 5.92 Å². The summed E-state index contributed by atoms with van der Waals surface area (Å²) in [5, 5.41) is 12.7. The van der Waals surface area contributed by atoms with Crippen molar-refractivity contribution in [3.05, 3.63) is 42.0 Å². The fraction of sp³-hybridized carbons (Fsp3) is 0.467. The molecule has 0 heterocycles. The van der Waals surface area contributed by atoms with Gasteiger partial charge in [0.1, 0.15) is 0 Å².